The maximum Gasteiger partial charge on any atom is 0.171 e. The predicted octanol–water partition coefficient (Wildman–Crippen LogP) is 4.61. The molecular formula is C19H22N2OS. The fourth-order valence-electron chi connectivity index (χ4n) is 2.12. The highest BCUT2D eigenvalue weighted by Gasteiger charge is 2.07. The number of thiocarbonyl (C=S) groups is 1. The lowest BCUT2D eigenvalue weighted by atomic mass is 10.1. The van der Waals surface area contributed by atoms with E-state index >= 15 is 0 Å². The monoisotopic (exact) mass is 326 g/mol. The largest absolute Gasteiger partial charge is 0.489 e. The van der Waals surface area contributed by atoms with Crippen LogP contribution in [0.4, 0.5) is 5.69 Å². The van der Waals surface area contributed by atoms with Crippen LogP contribution in [0, 0.1) is 6.92 Å². The van der Waals surface area contributed by atoms with Crippen molar-refractivity contribution >= 4 is 23.0 Å². The summed E-state index contributed by atoms with van der Waals surface area (Å²) in [4.78, 5) is 0. The molecule has 0 heterocycles. The van der Waals surface area contributed by atoms with Crippen molar-refractivity contribution in [1.82, 2.24) is 5.32 Å². The van der Waals surface area contributed by atoms with Crippen molar-refractivity contribution in [3.63, 3.8) is 0 Å². The van der Waals surface area contributed by atoms with Crippen LogP contribution < -0.4 is 15.4 Å². The summed E-state index contributed by atoms with van der Waals surface area (Å²) in [7, 11) is 0. The summed E-state index contributed by atoms with van der Waals surface area (Å²) in [5, 5.41) is 7.06. The zero-order chi connectivity index (χ0) is 16.7. The molecule has 0 fully saturated rings. The molecule has 23 heavy (non-hydrogen) atoms. The van der Waals surface area contributed by atoms with Gasteiger partial charge in [0.05, 0.1) is 6.04 Å². The highest BCUT2D eigenvalue weighted by molar-refractivity contribution is 7.80. The van der Waals surface area contributed by atoms with Gasteiger partial charge in [-0.05, 0) is 43.8 Å². The van der Waals surface area contributed by atoms with E-state index in [9.17, 15) is 0 Å². The topological polar surface area (TPSA) is 33.3 Å². The quantitative estimate of drug-likeness (QED) is 0.600. The van der Waals surface area contributed by atoms with Gasteiger partial charge in [-0.3, -0.25) is 0 Å². The minimum absolute atomic E-state index is 0.135. The third kappa shape index (κ3) is 5.42. The number of benzene rings is 2. The molecule has 0 spiro atoms. The van der Waals surface area contributed by atoms with Crippen molar-refractivity contribution in [3.05, 3.63) is 72.3 Å². The molecule has 0 saturated heterocycles. The molecule has 0 aliphatic carbocycles. The molecule has 120 valence electrons. The lowest BCUT2D eigenvalue weighted by Crippen LogP contribution is -2.30. The maximum atomic E-state index is 5.52. The van der Waals surface area contributed by atoms with Crippen molar-refractivity contribution < 1.29 is 4.74 Å². The Bertz CT molecular complexity index is 667. The van der Waals surface area contributed by atoms with Crippen molar-refractivity contribution in [3.8, 4) is 5.75 Å². The lowest BCUT2D eigenvalue weighted by Gasteiger charge is -2.18. The first-order chi connectivity index (χ1) is 11.1. The van der Waals surface area contributed by atoms with Gasteiger partial charge in [-0.25, -0.2) is 0 Å². The molecule has 0 aliphatic rings. The summed E-state index contributed by atoms with van der Waals surface area (Å²) in [6.45, 7) is 8.29. The molecule has 2 N–H and O–H groups in total. The van der Waals surface area contributed by atoms with Crippen LogP contribution in [0.1, 0.15) is 24.1 Å². The van der Waals surface area contributed by atoms with Gasteiger partial charge in [0.1, 0.15) is 12.4 Å². The average molecular weight is 326 g/mol. The molecule has 3 nitrogen and oxygen atoms in total. The summed E-state index contributed by atoms with van der Waals surface area (Å²) in [5.41, 5.74) is 3.33. The van der Waals surface area contributed by atoms with E-state index in [0.29, 0.717) is 11.7 Å². The van der Waals surface area contributed by atoms with Crippen LogP contribution in [0.25, 0.3) is 0 Å². The van der Waals surface area contributed by atoms with Crippen molar-refractivity contribution in [2.45, 2.75) is 19.9 Å². The number of hydrogen-bond acceptors (Lipinski definition) is 2. The van der Waals surface area contributed by atoms with Gasteiger partial charge >= 0.3 is 0 Å². The van der Waals surface area contributed by atoms with Crippen molar-refractivity contribution in [2.75, 3.05) is 11.9 Å². The van der Waals surface area contributed by atoms with Crippen molar-refractivity contribution in [2.24, 2.45) is 0 Å². The van der Waals surface area contributed by atoms with Crippen molar-refractivity contribution in [1.29, 1.82) is 0 Å². The van der Waals surface area contributed by atoms with E-state index < -0.39 is 0 Å². The Morgan fingerprint density at radius 2 is 2.00 bits per heavy atom. The first kappa shape index (κ1) is 17.0. The Labute approximate surface area is 143 Å². The highest BCUT2D eigenvalue weighted by Crippen LogP contribution is 2.18. The van der Waals surface area contributed by atoms with E-state index in [1.54, 1.807) is 6.08 Å². The zero-order valence-corrected chi connectivity index (χ0v) is 14.3. The van der Waals surface area contributed by atoms with Crippen LogP contribution in [0.15, 0.2) is 61.2 Å². The molecule has 2 aromatic carbocycles. The summed E-state index contributed by atoms with van der Waals surface area (Å²) >= 11 is 5.39. The van der Waals surface area contributed by atoms with E-state index in [2.05, 4.69) is 55.3 Å². The van der Waals surface area contributed by atoms with Gasteiger partial charge in [0.25, 0.3) is 0 Å². The van der Waals surface area contributed by atoms with Gasteiger partial charge in [-0.15, -0.1) is 0 Å². The second-order valence-electron chi connectivity index (χ2n) is 5.36. The minimum Gasteiger partial charge on any atom is -0.489 e. The molecule has 2 aromatic rings. The number of hydrogen-bond donors (Lipinski definition) is 2. The SMILES string of the molecule is C=CCOc1cccc(NC(=S)NC(C)c2ccc(C)cc2)c1. The summed E-state index contributed by atoms with van der Waals surface area (Å²) < 4.78 is 5.52. The predicted molar refractivity (Wildman–Crippen MR) is 101 cm³/mol. The van der Waals surface area contributed by atoms with E-state index in [1.807, 2.05) is 24.3 Å². The average Bonchev–Trinajstić information content (AvgIpc) is 2.53. The van der Waals surface area contributed by atoms with Gasteiger partial charge in [-0.1, -0.05) is 48.6 Å². The molecular weight excluding hydrogens is 304 g/mol. The standard InChI is InChI=1S/C19H22N2OS/c1-4-12-22-18-7-5-6-17(13-18)21-19(23)20-15(3)16-10-8-14(2)9-11-16/h4-11,13,15H,1,12H2,2-3H3,(H2,20,21,23). The van der Waals surface area contributed by atoms with Crippen LogP contribution >= 0.6 is 12.2 Å². The first-order valence-corrected chi connectivity index (χ1v) is 7.97. The van der Waals surface area contributed by atoms with E-state index in [4.69, 9.17) is 17.0 Å². The fourth-order valence-corrected chi connectivity index (χ4v) is 2.42. The van der Waals surface area contributed by atoms with Gasteiger partial charge in [0.15, 0.2) is 5.11 Å². The molecule has 0 radical (unpaired) electrons. The number of nitrogens with one attached hydrogen (secondary N) is 2. The Hall–Kier alpha value is -2.33. The molecule has 1 atom stereocenters. The smallest absolute Gasteiger partial charge is 0.171 e. The zero-order valence-electron chi connectivity index (χ0n) is 13.5. The third-order valence-electron chi connectivity index (χ3n) is 3.38. The van der Waals surface area contributed by atoms with Crippen LogP contribution in [0.2, 0.25) is 0 Å². The number of ether oxygens (including phenoxy) is 1. The Kier molecular flexibility index (Phi) is 6.18. The second-order valence-corrected chi connectivity index (χ2v) is 5.77. The van der Waals surface area contributed by atoms with Gasteiger partial charge in [0, 0.05) is 11.8 Å². The summed E-state index contributed by atoms with van der Waals surface area (Å²) in [6, 6.07) is 16.2. The van der Waals surface area contributed by atoms with Gasteiger partial charge in [-0.2, -0.15) is 0 Å². The maximum absolute atomic E-state index is 5.52. The molecule has 1 unspecified atom stereocenters. The number of anilines is 1. The minimum atomic E-state index is 0.135. The third-order valence-corrected chi connectivity index (χ3v) is 3.60. The molecule has 2 rings (SSSR count). The van der Waals surface area contributed by atoms with E-state index in [-0.39, 0.29) is 6.04 Å². The molecule has 0 amide bonds. The normalized spacial score (nSPS) is 11.4. The summed E-state index contributed by atoms with van der Waals surface area (Å²) in [5.74, 6) is 0.782. The first-order valence-electron chi connectivity index (χ1n) is 7.56. The molecule has 0 bridgehead atoms. The van der Waals surface area contributed by atoms with Crippen LogP contribution in [-0.2, 0) is 0 Å². The molecule has 4 heteroatoms. The fraction of sp³-hybridized carbons (Fsp3) is 0.211. The molecule has 0 aliphatic heterocycles. The Morgan fingerprint density at radius 1 is 1.26 bits per heavy atom. The van der Waals surface area contributed by atoms with Gasteiger partial charge in [0.2, 0.25) is 0 Å². The highest BCUT2D eigenvalue weighted by atomic mass is 32.1. The lowest BCUT2D eigenvalue weighted by molar-refractivity contribution is 0.363. The Balaban J connectivity index is 1.93. The molecule has 0 aromatic heterocycles. The van der Waals surface area contributed by atoms with Gasteiger partial charge < -0.3 is 15.4 Å². The van der Waals surface area contributed by atoms with E-state index in [0.717, 1.165) is 11.4 Å². The number of aryl methyl sites for hydroxylation is 1. The summed E-state index contributed by atoms with van der Waals surface area (Å²) in [6.07, 6.45) is 1.72. The second kappa shape index (κ2) is 8.34. The van der Waals surface area contributed by atoms with Crippen LogP contribution in [-0.4, -0.2) is 11.7 Å². The van der Waals surface area contributed by atoms with E-state index in [1.165, 1.54) is 11.1 Å². The number of rotatable bonds is 6. The Morgan fingerprint density at radius 3 is 2.70 bits per heavy atom. The van der Waals surface area contributed by atoms with Crippen LogP contribution in [0.5, 0.6) is 5.75 Å². The molecule has 0 saturated carbocycles. The van der Waals surface area contributed by atoms with Crippen LogP contribution in [0.3, 0.4) is 0 Å².